The van der Waals surface area contributed by atoms with Gasteiger partial charge >= 0.3 is 0 Å². The van der Waals surface area contributed by atoms with Crippen LogP contribution >= 0.6 is 0 Å². The number of carbonyl (C=O) groups excluding carboxylic acids is 2. The molecule has 1 heterocycles. The molecule has 0 radical (unpaired) electrons. The quantitative estimate of drug-likeness (QED) is 0.768. The Balaban J connectivity index is 1.58. The topological polar surface area (TPSA) is 90.7 Å². The van der Waals surface area contributed by atoms with Gasteiger partial charge in [0.1, 0.15) is 5.75 Å². The molecule has 2 amide bonds. The molecule has 1 aliphatic heterocycles. The number of nitrogens with two attached hydrogens (primary N) is 1. The minimum atomic E-state index is -0.400. The summed E-state index contributed by atoms with van der Waals surface area (Å²) in [7, 11) is 0. The number of carbonyl (C=O) groups is 2. The SMILES string of the molecule is NC(=O)CC(NC(=O)c1ccc(OC2CCCCC2)cc1)C1CCOCC1. The number of ether oxygens (including phenoxy) is 2. The van der Waals surface area contributed by atoms with Crippen LogP contribution in [-0.2, 0) is 9.53 Å². The van der Waals surface area contributed by atoms with Crippen molar-refractivity contribution in [2.45, 2.75) is 63.5 Å². The van der Waals surface area contributed by atoms with E-state index in [9.17, 15) is 9.59 Å². The third-order valence-electron chi connectivity index (χ3n) is 5.54. The molecule has 2 aliphatic rings. The van der Waals surface area contributed by atoms with E-state index < -0.39 is 5.91 Å². The molecule has 6 nitrogen and oxygen atoms in total. The van der Waals surface area contributed by atoms with E-state index in [2.05, 4.69) is 5.32 Å². The van der Waals surface area contributed by atoms with Gasteiger partial charge in [-0.3, -0.25) is 9.59 Å². The average molecular weight is 374 g/mol. The first kappa shape index (κ1) is 19.7. The van der Waals surface area contributed by atoms with Crippen LogP contribution in [0.25, 0.3) is 0 Å². The number of rotatable bonds is 7. The Bertz CT molecular complexity index is 620. The Labute approximate surface area is 160 Å². The minimum Gasteiger partial charge on any atom is -0.490 e. The van der Waals surface area contributed by atoms with Gasteiger partial charge in [0.15, 0.2) is 0 Å². The molecule has 6 heteroatoms. The molecule has 1 saturated carbocycles. The maximum atomic E-state index is 12.6. The standard InChI is InChI=1S/C21H30N2O4/c22-20(24)14-19(15-10-12-26-13-11-15)23-21(25)16-6-8-18(9-7-16)27-17-4-2-1-3-5-17/h6-9,15,17,19H,1-5,10-14H2,(H2,22,24)(H,23,25). The maximum Gasteiger partial charge on any atom is 0.251 e. The summed E-state index contributed by atoms with van der Waals surface area (Å²) < 4.78 is 11.4. The third-order valence-corrected chi connectivity index (χ3v) is 5.54. The Morgan fingerprint density at radius 1 is 1.07 bits per heavy atom. The Morgan fingerprint density at radius 2 is 1.74 bits per heavy atom. The van der Waals surface area contributed by atoms with Crippen LogP contribution in [0.4, 0.5) is 0 Å². The second-order valence-corrected chi connectivity index (χ2v) is 7.60. The van der Waals surface area contributed by atoms with E-state index in [1.165, 1.54) is 19.3 Å². The summed E-state index contributed by atoms with van der Waals surface area (Å²) in [5, 5.41) is 3.00. The fourth-order valence-corrected chi connectivity index (χ4v) is 3.98. The summed E-state index contributed by atoms with van der Waals surface area (Å²) in [4.78, 5) is 24.1. The van der Waals surface area contributed by atoms with E-state index in [4.69, 9.17) is 15.2 Å². The van der Waals surface area contributed by atoms with Gasteiger partial charge in [0.25, 0.3) is 5.91 Å². The largest absolute Gasteiger partial charge is 0.490 e. The molecule has 0 spiro atoms. The van der Waals surface area contributed by atoms with E-state index in [0.29, 0.717) is 18.8 Å². The molecule has 3 N–H and O–H groups in total. The van der Waals surface area contributed by atoms with Crippen LogP contribution in [0.15, 0.2) is 24.3 Å². The molecule has 1 saturated heterocycles. The number of nitrogens with one attached hydrogen (secondary N) is 1. The first-order valence-electron chi connectivity index (χ1n) is 10.1. The molecule has 1 aromatic rings. The van der Waals surface area contributed by atoms with Gasteiger partial charge in [-0.15, -0.1) is 0 Å². The molecular weight excluding hydrogens is 344 g/mol. The fraction of sp³-hybridized carbons (Fsp3) is 0.619. The fourth-order valence-electron chi connectivity index (χ4n) is 3.98. The van der Waals surface area contributed by atoms with Crippen LogP contribution in [0, 0.1) is 5.92 Å². The minimum absolute atomic E-state index is 0.152. The zero-order valence-electron chi connectivity index (χ0n) is 15.8. The summed E-state index contributed by atoms with van der Waals surface area (Å²) >= 11 is 0. The summed E-state index contributed by atoms with van der Waals surface area (Å²) in [6.45, 7) is 1.31. The van der Waals surface area contributed by atoms with E-state index in [1.807, 2.05) is 12.1 Å². The predicted molar refractivity (Wildman–Crippen MR) is 103 cm³/mol. The Hall–Kier alpha value is -2.08. The van der Waals surface area contributed by atoms with Crippen LogP contribution in [0.5, 0.6) is 5.75 Å². The number of amides is 2. The second kappa shape index (κ2) is 9.74. The molecule has 1 unspecified atom stereocenters. The van der Waals surface area contributed by atoms with Crippen molar-refractivity contribution in [2.24, 2.45) is 11.7 Å². The lowest BCUT2D eigenvalue weighted by atomic mass is 9.89. The number of hydrogen-bond donors (Lipinski definition) is 2. The molecular formula is C21H30N2O4. The molecule has 1 aliphatic carbocycles. The lowest BCUT2D eigenvalue weighted by Gasteiger charge is -2.30. The number of benzene rings is 1. The van der Waals surface area contributed by atoms with Crippen molar-refractivity contribution in [3.05, 3.63) is 29.8 Å². The Morgan fingerprint density at radius 3 is 2.37 bits per heavy atom. The van der Waals surface area contributed by atoms with Gasteiger partial charge in [-0.1, -0.05) is 6.42 Å². The van der Waals surface area contributed by atoms with E-state index in [1.54, 1.807) is 12.1 Å². The van der Waals surface area contributed by atoms with Crippen LogP contribution in [0.3, 0.4) is 0 Å². The highest BCUT2D eigenvalue weighted by Crippen LogP contribution is 2.24. The predicted octanol–water partition coefficient (Wildman–Crippen LogP) is 2.80. The summed E-state index contributed by atoms with van der Waals surface area (Å²) in [5.74, 6) is 0.431. The van der Waals surface area contributed by atoms with E-state index >= 15 is 0 Å². The van der Waals surface area contributed by atoms with Crippen molar-refractivity contribution in [3.8, 4) is 5.75 Å². The van der Waals surface area contributed by atoms with Gasteiger partial charge in [-0.25, -0.2) is 0 Å². The van der Waals surface area contributed by atoms with Gasteiger partial charge in [-0.05, 0) is 68.7 Å². The summed E-state index contributed by atoms with van der Waals surface area (Å²) in [5.41, 5.74) is 5.95. The van der Waals surface area contributed by atoms with Gasteiger partial charge in [0.2, 0.25) is 5.91 Å². The maximum absolute atomic E-state index is 12.6. The normalized spacial score (nSPS) is 20.0. The first-order chi connectivity index (χ1) is 13.1. The molecule has 27 heavy (non-hydrogen) atoms. The molecule has 148 valence electrons. The summed E-state index contributed by atoms with van der Waals surface area (Å²) in [6.07, 6.45) is 8.02. The van der Waals surface area contributed by atoms with Crippen molar-refractivity contribution in [3.63, 3.8) is 0 Å². The smallest absolute Gasteiger partial charge is 0.251 e. The first-order valence-corrected chi connectivity index (χ1v) is 10.1. The second-order valence-electron chi connectivity index (χ2n) is 7.60. The zero-order valence-corrected chi connectivity index (χ0v) is 15.8. The molecule has 1 aromatic carbocycles. The van der Waals surface area contributed by atoms with Gasteiger partial charge < -0.3 is 20.5 Å². The van der Waals surface area contributed by atoms with Crippen molar-refractivity contribution in [2.75, 3.05) is 13.2 Å². The van der Waals surface area contributed by atoms with Gasteiger partial charge in [0, 0.05) is 31.2 Å². The monoisotopic (exact) mass is 374 g/mol. The van der Waals surface area contributed by atoms with Crippen LogP contribution in [0.2, 0.25) is 0 Å². The highest BCUT2D eigenvalue weighted by molar-refractivity contribution is 5.94. The summed E-state index contributed by atoms with van der Waals surface area (Å²) in [6, 6.07) is 7.00. The third kappa shape index (κ3) is 5.96. The number of hydrogen-bond acceptors (Lipinski definition) is 4. The molecule has 0 bridgehead atoms. The Kier molecular flexibility index (Phi) is 7.10. The van der Waals surface area contributed by atoms with Gasteiger partial charge in [-0.2, -0.15) is 0 Å². The number of primary amides is 1. The molecule has 2 fully saturated rings. The molecule has 0 aromatic heterocycles. The highest BCUT2D eigenvalue weighted by atomic mass is 16.5. The van der Waals surface area contributed by atoms with Crippen molar-refractivity contribution >= 4 is 11.8 Å². The zero-order chi connectivity index (χ0) is 19.1. The van der Waals surface area contributed by atoms with E-state index in [0.717, 1.165) is 31.4 Å². The molecule has 1 atom stereocenters. The molecule has 3 rings (SSSR count). The van der Waals surface area contributed by atoms with Gasteiger partial charge in [0.05, 0.1) is 6.10 Å². The van der Waals surface area contributed by atoms with Crippen LogP contribution in [-0.4, -0.2) is 37.2 Å². The van der Waals surface area contributed by atoms with E-state index in [-0.39, 0.29) is 30.4 Å². The lowest BCUT2D eigenvalue weighted by Crippen LogP contribution is -2.44. The van der Waals surface area contributed by atoms with Crippen LogP contribution in [0.1, 0.15) is 61.7 Å². The highest BCUT2D eigenvalue weighted by Gasteiger charge is 2.27. The van der Waals surface area contributed by atoms with Crippen LogP contribution < -0.4 is 15.8 Å². The van der Waals surface area contributed by atoms with Crippen molar-refractivity contribution in [1.29, 1.82) is 0 Å². The van der Waals surface area contributed by atoms with Crippen molar-refractivity contribution < 1.29 is 19.1 Å². The lowest BCUT2D eigenvalue weighted by molar-refractivity contribution is -0.118. The van der Waals surface area contributed by atoms with Crippen molar-refractivity contribution in [1.82, 2.24) is 5.32 Å². The average Bonchev–Trinajstić information content (AvgIpc) is 2.69.